The van der Waals surface area contributed by atoms with Crippen molar-refractivity contribution in [2.24, 2.45) is 10.9 Å². The molecule has 0 radical (unpaired) electrons. The second-order valence-electron chi connectivity index (χ2n) is 4.81. The molecule has 6 heteroatoms. The smallest absolute Gasteiger partial charge is 0.191 e. The molecule has 0 aliphatic carbocycles. The first-order valence-electron chi connectivity index (χ1n) is 7.03. The Morgan fingerprint density at radius 3 is 2.76 bits per heavy atom. The van der Waals surface area contributed by atoms with E-state index in [-0.39, 0.29) is 36.5 Å². The molecule has 1 aromatic rings. The summed E-state index contributed by atoms with van der Waals surface area (Å²) >= 11 is 5.96. The molecule has 4 nitrogen and oxygen atoms in total. The van der Waals surface area contributed by atoms with Gasteiger partial charge in [-0.15, -0.1) is 24.0 Å². The van der Waals surface area contributed by atoms with Crippen molar-refractivity contribution in [3.63, 3.8) is 0 Å². The third-order valence-corrected chi connectivity index (χ3v) is 3.05. The highest BCUT2D eigenvalue weighted by Crippen LogP contribution is 2.10. The first-order valence-corrected chi connectivity index (χ1v) is 7.41. The Kier molecular flexibility index (Phi) is 11.8. The Morgan fingerprint density at radius 1 is 1.38 bits per heavy atom. The second-order valence-corrected chi connectivity index (χ2v) is 5.25. The summed E-state index contributed by atoms with van der Waals surface area (Å²) in [5.41, 5.74) is 1.20. The molecule has 21 heavy (non-hydrogen) atoms. The number of nitrogens with one attached hydrogen (secondary N) is 2. The predicted molar refractivity (Wildman–Crippen MR) is 101 cm³/mol. The highest BCUT2D eigenvalue weighted by atomic mass is 127. The van der Waals surface area contributed by atoms with E-state index in [2.05, 4.69) is 21.7 Å². The molecule has 0 amide bonds. The SMILES string of the molecule is CCNC(=NCC(C)CO)NCCc1cccc(Cl)c1.I. The van der Waals surface area contributed by atoms with E-state index < -0.39 is 0 Å². The van der Waals surface area contributed by atoms with Crippen LogP contribution in [0.1, 0.15) is 19.4 Å². The Bertz CT molecular complexity index is 429. The summed E-state index contributed by atoms with van der Waals surface area (Å²) in [7, 11) is 0. The van der Waals surface area contributed by atoms with Gasteiger partial charge < -0.3 is 15.7 Å². The molecule has 120 valence electrons. The molecule has 0 aliphatic heterocycles. The van der Waals surface area contributed by atoms with Crippen LogP contribution in [0.5, 0.6) is 0 Å². The van der Waals surface area contributed by atoms with Crippen LogP contribution < -0.4 is 10.6 Å². The van der Waals surface area contributed by atoms with Crippen molar-refractivity contribution in [3.05, 3.63) is 34.9 Å². The standard InChI is InChI=1S/C15H24ClN3O.HI/c1-3-17-15(19-10-12(2)11-20)18-8-7-13-5-4-6-14(16)9-13;/h4-6,9,12,20H,3,7-8,10-11H2,1-2H3,(H2,17,18,19);1H. The second kappa shape index (κ2) is 12.1. The largest absolute Gasteiger partial charge is 0.396 e. The summed E-state index contributed by atoms with van der Waals surface area (Å²) in [6, 6.07) is 7.87. The summed E-state index contributed by atoms with van der Waals surface area (Å²) < 4.78 is 0. The Morgan fingerprint density at radius 2 is 2.14 bits per heavy atom. The van der Waals surface area contributed by atoms with Gasteiger partial charge in [-0.1, -0.05) is 30.7 Å². The topological polar surface area (TPSA) is 56.7 Å². The van der Waals surface area contributed by atoms with Crippen molar-refractivity contribution < 1.29 is 5.11 Å². The van der Waals surface area contributed by atoms with Gasteiger partial charge in [0.2, 0.25) is 0 Å². The number of halogens is 2. The van der Waals surface area contributed by atoms with E-state index in [1.54, 1.807) is 0 Å². The van der Waals surface area contributed by atoms with Crippen LogP contribution >= 0.6 is 35.6 Å². The molecular weight excluding hydrogens is 401 g/mol. The Hall–Kier alpha value is -0.530. The maximum absolute atomic E-state index is 9.01. The van der Waals surface area contributed by atoms with Crippen LogP contribution in [0.3, 0.4) is 0 Å². The first kappa shape index (κ1) is 20.5. The van der Waals surface area contributed by atoms with E-state index >= 15 is 0 Å². The fourth-order valence-electron chi connectivity index (χ4n) is 1.66. The molecule has 1 rings (SSSR count). The number of hydrogen-bond donors (Lipinski definition) is 3. The van der Waals surface area contributed by atoms with Crippen LogP contribution in [0.4, 0.5) is 0 Å². The number of aliphatic hydroxyl groups excluding tert-OH is 1. The monoisotopic (exact) mass is 425 g/mol. The van der Waals surface area contributed by atoms with Crippen LogP contribution in [-0.2, 0) is 6.42 Å². The van der Waals surface area contributed by atoms with E-state index in [0.29, 0.717) is 6.54 Å². The Balaban J connectivity index is 0.00000400. The lowest BCUT2D eigenvalue weighted by molar-refractivity contribution is 0.241. The lowest BCUT2D eigenvalue weighted by Crippen LogP contribution is -2.38. The normalized spacial score (nSPS) is 12.5. The predicted octanol–water partition coefficient (Wildman–Crippen LogP) is 2.68. The maximum atomic E-state index is 9.01. The van der Waals surface area contributed by atoms with Gasteiger partial charge in [0.05, 0.1) is 0 Å². The third kappa shape index (κ3) is 9.16. The van der Waals surface area contributed by atoms with Gasteiger partial charge in [-0.25, -0.2) is 0 Å². The zero-order chi connectivity index (χ0) is 14.8. The van der Waals surface area contributed by atoms with Gasteiger partial charge in [-0.05, 0) is 37.0 Å². The molecule has 0 aliphatic rings. The van der Waals surface area contributed by atoms with Crippen LogP contribution in [-0.4, -0.2) is 37.3 Å². The molecule has 0 saturated heterocycles. The number of guanidine groups is 1. The molecule has 1 unspecified atom stereocenters. The van der Waals surface area contributed by atoms with Gasteiger partial charge in [0.25, 0.3) is 0 Å². The zero-order valence-corrected chi connectivity index (χ0v) is 15.7. The van der Waals surface area contributed by atoms with Crippen LogP contribution in [0, 0.1) is 5.92 Å². The minimum Gasteiger partial charge on any atom is -0.396 e. The number of aliphatic imine (C=N–C) groups is 1. The number of nitrogens with zero attached hydrogens (tertiary/aromatic N) is 1. The fourth-order valence-corrected chi connectivity index (χ4v) is 1.88. The summed E-state index contributed by atoms with van der Waals surface area (Å²) in [6.45, 7) is 6.38. The molecule has 0 spiro atoms. The highest BCUT2D eigenvalue weighted by Gasteiger charge is 2.01. The van der Waals surface area contributed by atoms with Crippen LogP contribution in [0.15, 0.2) is 29.3 Å². The van der Waals surface area contributed by atoms with Gasteiger partial charge >= 0.3 is 0 Å². The number of aliphatic hydroxyl groups is 1. The number of rotatable bonds is 7. The van der Waals surface area contributed by atoms with E-state index in [1.165, 1.54) is 5.56 Å². The molecule has 3 N–H and O–H groups in total. The zero-order valence-electron chi connectivity index (χ0n) is 12.6. The van der Waals surface area contributed by atoms with Gasteiger partial charge in [-0.3, -0.25) is 4.99 Å². The third-order valence-electron chi connectivity index (χ3n) is 2.81. The van der Waals surface area contributed by atoms with E-state index in [0.717, 1.165) is 30.5 Å². The minimum absolute atomic E-state index is 0. The molecule has 1 aromatic carbocycles. The average molecular weight is 426 g/mol. The molecule has 1 atom stereocenters. The average Bonchev–Trinajstić information content (AvgIpc) is 2.44. The minimum atomic E-state index is 0. The molecule has 0 saturated carbocycles. The van der Waals surface area contributed by atoms with Gasteiger partial charge in [0, 0.05) is 31.3 Å². The van der Waals surface area contributed by atoms with Crippen molar-refractivity contribution in [2.75, 3.05) is 26.2 Å². The molecule has 0 aromatic heterocycles. The van der Waals surface area contributed by atoms with Gasteiger partial charge in [-0.2, -0.15) is 0 Å². The van der Waals surface area contributed by atoms with E-state index in [4.69, 9.17) is 16.7 Å². The maximum Gasteiger partial charge on any atom is 0.191 e. The van der Waals surface area contributed by atoms with Crippen LogP contribution in [0.25, 0.3) is 0 Å². The molecule has 0 fully saturated rings. The van der Waals surface area contributed by atoms with Crippen molar-refractivity contribution in [2.45, 2.75) is 20.3 Å². The number of hydrogen-bond acceptors (Lipinski definition) is 2. The lowest BCUT2D eigenvalue weighted by Gasteiger charge is -2.12. The fraction of sp³-hybridized carbons (Fsp3) is 0.533. The van der Waals surface area contributed by atoms with Crippen molar-refractivity contribution >= 4 is 41.5 Å². The van der Waals surface area contributed by atoms with Crippen LogP contribution in [0.2, 0.25) is 5.02 Å². The van der Waals surface area contributed by atoms with Crippen molar-refractivity contribution in [1.29, 1.82) is 0 Å². The van der Waals surface area contributed by atoms with Gasteiger partial charge in [0.1, 0.15) is 0 Å². The summed E-state index contributed by atoms with van der Waals surface area (Å²) in [5.74, 6) is 0.966. The summed E-state index contributed by atoms with van der Waals surface area (Å²) in [4.78, 5) is 4.44. The highest BCUT2D eigenvalue weighted by molar-refractivity contribution is 14.0. The van der Waals surface area contributed by atoms with E-state index in [9.17, 15) is 0 Å². The van der Waals surface area contributed by atoms with E-state index in [1.807, 2.05) is 32.0 Å². The lowest BCUT2D eigenvalue weighted by atomic mass is 10.1. The molecule has 0 heterocycles. The van der Waals surface area contributed by atoms with Gasteiger partial charge in [0.15, 0.2) is 5.96 Å². The quantitative estimate of drug-likeness (QED) is 0.358. The van der Waals surface area contributed by atoms with Crippen molar-refractivity contribution in [1.82, 2.24) is 10.6 Å². The number of benzene rings is 1. The molecule has 0 bridgehead atoms. The van der Waals surface area contributed by atoms with Crippen molar-refractivity contribution in [3.8, 4) is 0 Å². The summed E-state index contributed by atoms with van der Waals surface area (Å²) in [5, 5.41) is 16.2. The Labute approximate surface area is 149 Å². The summed E-state index contributed by atoms with van der Waals surface area (Å²) in [6.07, 6.45) is 0.889. The first-order chi connectivity index (χ1) is 9.65. The molecular formula is C15H25ClIN3O.